The lowest BCUT2D eigenvalue weighted by atomic mass is 9.47. The van der Waals surface area contributed by atoms with Crippen LogP contribution < -0.4 is 10.1 Å². The van der Waals surface area contributed by atoms with E-state index in [9.17, 15) is 14.9 Å². The lowest BCUT2D eigenvalue weighted by molar-refractivity contribution is -0.386. The number of rotatable bonds is 8. The van der Waals surface area contributed by atoms with Crippen molar-refractivity contribution in [1.82, 2.24) is 5.32 Å². The van der Waals surface area contributed by atoms with Gasteiger partial charge in [-0.25, -0.2) is 0 Å². The lowest BCUT2D eigenvalue weighted by Gasteiger charge is -2.59. The number of ether oxygens (including phenoxy) is 1. The van der Waals surface area contributed by atoms with Crippen LogP contribution in [0.15, 0.2) is 40.8 Å². The summed E-state index contributed by atoms with van der Waals surface area (Å²) in [6.45, 7) is 2.18. The molecule has 4 aliphatic carbocycles. The summed E-state index contributed by atoms with van der Waals surface area (Å²) in [6, 6.07) is 9.72. The molecule has 1 N–H and O–H groups in total. The van der Waals surface area contributed by atoms with Crippen LogP contribution in [0.3, 0.4) is 0 Å². The zero-order chi connectivity index (χ0) is 22.3. The van der Waals surface area contributed by atoms with E-state index in [-0.39, 0.29) is 41.2 Å². The van der Waals surface area contributed by atoms with Gasteiger partial charge in [0.1, 0.15) is 12.4 Å². The zero-order valence-corrected chi connectivity index (χ0v) is 18.4. The van der Waals surface area contributed by atoms with Crippen LogP contribution in [0.2, 0.25) is 0 Å². The van der Waals surface area contributed by atoms with E-state index in [1.54, 1.807) is 30.3 Å². The zero-order valence-electron chi connectivity index (χ0n) is 18.4. The standard InChI is InChI=1S/C25H30N2O5/c1-2-23(25-12-16-9-17(13-25)11-18(10-16)14-25)26-24(28)22-8-7-19(32-22)15-31-21-6-4-3-5-20(21)27(29)30/h3-8,16-18,23H,2,9-15H2,1H3,(H,26,28). The van der Waals surface area contributed by atoms with E-state index in [1.807, 2.05) is 0 Å². The number of nitro groups is 1. The van der Waals surface area contributed by atoms with Crippen molar-refractivity contribution in [1.29, 1.82) is 0 Å². The van der Waals surface area contributed by atoms with Gasteiger partial charge in [-0.2, -0.15) is 0 Å². The first kappa shape index (κ1) is 21.0. The molecular formula is C25H30N2O5. The van der Waals surface area contributed by atoms with Gasteiger partial charge in [0.25, 0.3) is 5.91 Å². The maximum atomic E-state index is 13.0. The maximum Gasteiger partial charge on any atom is 0.310 e. The number of hydrogen-bond acceptors (Lipinski definition) is 5. The molecule has 4 aliphatic rings. The molecule has 1 aromatic heterocycles. The summed E-state index contributed by atoms with van der Waals surface area (Å²) in [5.74, 6) is 3.20. The normalized spacial score (nSPS) is 29.0. The molecule has 7 nitrogen and oxygen atoms in total. The smallest absolute Gasteiger partial charge is 0.310 e. The number of benzene rings is 1. The fourth-order valence-electron chi connectivity index (χ4n) is 6.98. The number of para-hydroxylation sites is 2. The third-order valence-electron chi connectivity index (χ3n) is 7.86. The second-order valence-electron chi connectivity index (χ2n) is 9.99. The molecule has 0 saturated heterocycles. The molecule has 7 heteroatoms. The van der Waals surface area contributed by atoms with Crippen LogP contribution in [-0.2, 0) is 6.61 Å². The number of nitrogens with one attached hydrogen (secondary N) is 1. The van der Waals surface area contributed by atoms with E-state index < -0.39 is 4.92 Å². The van der Waals surface area contributed by atoms with E-state index in [0.717, 1.165) is 24.2 Å². The molecule has 1 heterocycles. The van der Waals surface area contributed by atoms with Crippen molar-refractivity contribution < 1.29 is 18.9 Å². The third-order valence-corrected chi connectivity index (χ3v) is 7.86. The largest absolute Gasteiger partial charge is 0.479 e. The molecular weight excluding hydrogens is 408 g/mol. The summed E-state index contributed by atoms with van der Waals surface area (Å²) >= 11 is 0. The maximum absolute atomic E-state index is 13.0. The van der Waals surface area contributed by atoms with E-state index in [2.05, 4.69) is 12.2 Å². The molecule has 1 amide bonds. The number of furan rings is 1. The highest BCUT2D eigenvalue weighted by molar-refractivity contribution is 5.91. The van der Waals surface area contributed by atoms with Crippen LogP contribution in [0.4, 0.5) is 5.69 Å². The minimum absolute atomic E-state index is 0.0182. The molecule has 0 spiro atoms. The highest BCUT2D eigenvalue weighted by atomic mass is 16.6. The Kier molecular flexibility index (Phi) is 5.43. The van der Waals surface area contributed by atoms with Crippen molar-refractivity contribution in [3.8, 4) is 5.75 Å². The van der Waals surface area contributed by atoms with Gasteiger partial charge >= 0.3 is 5.69 Å². The molecule has 4 bridgehead atoms. The summed E-state index contributed by atoms with van der Waals surface area (Å²) in [5, 5.41) is 14.4. The van der Waals surface area contributed by atoms with Crippen molar-refractivity contribution in [3.63, 3.8) is 0 Å². The molecule has 1 atom stereocenters. The van der Waals surface area contributed by atoms with Gasteiger partial charge < -0.3 is 14.5 Å². The Bertz CT molecular complexity index is 978. The Morgan fingerprint density at radius 3 is 2.44 bits per heavy atom. The summed E-state index contributed by atoms with van der Waals surface area (Å²) < 4.78 is 11.3. The minimum Gasteiger partial charge on any atom is -0.479 e. The van der Waals surface area contributed by atoms with E-state index >= 15 is 0 Å². The first-order valence-corrected chi connectivity index (χ1v) is 11.7. The second-order valence-corrected chi connectivity index (χ2v) is 9.99. The van der Waals surface area contributed by atoms with Crippen molar-refractivity contribution in [2.45, 2.75) is 64.5 Å². The van der Waals surface area contributed by atoms with Crippen LogP contribution >= 0.6 is 0 Å². The topological polar surface area (TPSA) is 94.6 Å². The van der Waals surface area contributed by atoms with Gasteiger partial charge in [-0.3, -0.25) is 14.9 Å². The van der Waals surface area contributed by atoms with Gasteiger partial charge in [0, 0.05) is 12.1 Å². The predicted molar refractivity (Wildman–Crippen MR) is 118 cm³/mol. The van der Waals surface area contributed by atoms with Crippen molar-refractivity contribution in [2.75, 3.05) is 0 Å². The molecule has 1 aromatic carbocycles. The number of nitro benzene ring substituents is 1. The number of carbonyl (C=O) groups excluding carboxylic acids is 1. The van der Waals surface area contributed by atoms with Crippen molar-refractivity contribution in [2.24, 2.45) is 23.2 Å². The van der Waals surface area contributed by atoms with Gasteiger partial charge in [-0.1, -0.05) is 19.1 Å². The number of hydrogen-bond donors (Lipinski definition) is 1. The molecule has 0 aliphatic heterocycles. The van der Waals surface area contributed by atoms with Crippen molar-refractivity contribution >= 4 is 11.6 Å². The van der Waals surface area contributed by atoms with Gasteiger partial charge in [-0.15, -0.1) is 0 Å². The fraction of sp³-hybridized carbons (Fsp3) is 0.560. The summed E-state index contributed by atoms with van der Waals surface area (Å²) in [7, 11) is 0. The molecule has 1 unspecified atom stereocenters. The number of amides is 1. The van der Waals surface area contributed by atoms with Gasteiger partial charge in [0.05, 0.1) is 4.92 Å². The van der Waals surface area contributed by atoms with Gasteiger partial charge in [-0.05, 0) is 86.3 Å². The van der Waals surface area contributed by atoms with E-state index in [4.69, 9.17) is 9.15 Å². The monoisotopic (exact) mass is 438 g/mol. The lowest BCUT2D eigenvalue weighted by Crippen LogP contribution is -2.56. The molecule has 170 valence electrons. The van der Waals surface area contributed by atoms with Crippen LogP contribution in [0.1, 0.15) is 68.2 Å². The Hall–Kier alpha value is -2.83. The molecule has 4 fully saturated rings. The predicted octanol–water partition coefficient (Wildman–Crippen LogP) is 5.49. The summed E-state index contributed by atoms with van der Waals surface area (Å²) in [5.41, 5.74) is 0.141. The Balaban J connectivity index is 1.24. The SMILES string of the molecule is CCC(NC(=O)c1ccc(COc2ccccc2[N+](=O)[O-])o1)C12CC3CC(CC(C3)C1)C2. The first-order valence-electron chi connectivity index (χ1n) is 11.7. The van der Waals surface area contributed by atoms with Crippen LogP contribution in [-0.4, -0.2) is 16.9 Å². The molecule has 4 saturated carbocycles. The summed E-state index contributed by atoms with van der Waals surface area (Å²) in [4.78, 5) is 23.7. The molecule has 2 aromatic rings. The Morgan fingerprint density at radius 2 is 1.81 bits per heavy atom. The van der Waals surface area contributed by atoms with Gasteiger partial charge in [0.15, 0.2) is 11.5 Å². The third kappa shape index (κ3) is 3.89. The van der Waals surface area contributed by atoms with Crippen LogP contribution in [0, 0.1) is 33.3 Å². The Labute approximate surface area is 187 Å². The fourth-order valence-corrected chi connectivity index (χ4v) is 6.98. The second kappa shape index (κ2) is 8.26. The van der Waals surface area contributed by atoms with Crippen molar-refractivity contribution in [3.05, 3.63) is 58.0 Å². The minimum atomic E-state index is -0.480. The summed E-state index contributed by atoms with van der Waals surface area (Å²) in [6.07, 6.45) is 8.78. The van der Waals surface area contributed by atoms with Crippen LogP contribution in [0.25, 0.3) is 0 Å². The van der Waals surface area contributed by atoms with E-state index in [1.165, 1.54) is 44.6 Å². The number of carbonyl (C=O) groups is 1. The highest BCUT2D eigenvalue weighted by Crippen LogP contribution is 2.61. The van der Waals surface area contributed by atoms with Gasteiger partial charge in [0.2, 0.25) is 0 Å². The molecule has 32 heavy (non-hydrogen) atoms. The number of nitrogens with zero attached hydrogens (tertiary/aromatic N) is 1. The quantitative estimate of drug-likeness (QED) is 0.434. The Morgan fingerprint density at radius 1 is 1.16 bits per heavy atom. The first-order chi connectivity index (χ1) is 15.5. The average Bonchev–Trinajstić information content (AvgIpc) is 3.24. The average molecular weight is 439 g/mol. The highest BCUT2D eigenvalue weighted by Gasteiger charge is 2.54. The molecule has 0 radical (unpaired) electrons. The molecule has 6 rings (SSSR count). The van der Waals surface area contributed by atoms with Crippen LogP contribution in [0.5, 0.6) is 5.75 Å². The van der Waals surface area contributed by atoms with E-state index in [0.29, 0.717) is 5.76 Å².